The van der Waals surface area contributed by atoms with Crippen LogP contribution in [0.4, 0.5) is 0 Å². The van der Waals surface area contributed by atoms with E-state index >= 15 is 0 Å². The van der Waals surface area contributed by atoms with Gasteiger partial charge in [0.1, 0.15) is 5.84 Å². The van der Waals surface area contributed by atoms with Crippen LogP contribution in [-0.2, 0) is 14.9 Å². The van der Waals surface area contributed by atoms with E-state index in [1.165, 1.54) is 0 Å². The highest BCUT2D eigenvalue weighted by Gasteiger charge is 2.99. The van der Waals surface area contributed by atoms with Crippen LogP contribution in [0.15, 0.2) is 29.3 Å². The van der Waals surface area contributed by atoms with E-state index in [4.69, 9.17) is 26.8 Å². The van der Waals surface area contributed by atoms with Crippen molar-refractivity contribution < 1.29 is 9.47 Å². The van der Waals surface area contributed by atoms with E-state index in [1.54, 1.807) is 32.0 Å². The summed E-state index contributed by atoms with van der Waals surface area (Å²) in [5, 5.41) is 20.8. The standard InChI is InChI=1S/C18H19ClN4O2/c1-4-24-18(25-5-2)17(11-21)15(3,12-7-6-8-13(19)9-12)16(17,10-20)14(22)23-18/h6-9H,4-5H2,1-3H3,(H2,22,23)/t15-,16-,17+/m0/s1. The molecule has 1 fully saturated rings. The normalized spacial score (nSPS) is 34.6. The molecule has 0 radical (unpaired) electrons. The second kappa shape index (κ2) is 5.44. The Balaban J connectivity index is 2.32. The van der Waals surface area contributed by atoms with Crippen LogP contribution in [0.5, 0.6) is 0 Å². The fourth-order valence-corrected chi connectivity index (χ4v) is 4.70. The zero-order valence-corrected chi connectivity index (χ0v) is 15.1. The van der Waals surface area contributed by atoms with Gasteiger partial charge >= 0.3 is 0 Å². The van der Waals surface area contributed by atoms with Crippen molar-refractivity contribution in [1.29, 1.82) is 10.5 Å². The van der Waals surface area contributed by atoms with Crippen LogP contribution in [0, 0.1) is 33.5 Å². The molecule has 1 aromatic rings. The number of nitrogens with two attached hydrogens (primary N) is 1. The fourth-order valence-electron chi connectivity index (χ4n) is 4.51. The quantitative estimate of drug-likeness (QED) is 0.815. The summed E-state index contributed by atoms with van der Waals surface area (Å²) >= 11 is 6.15. The summed E-state index contributed by atoms with van der Waals surface area (Å²) in [5.74, 6) is -1.57. The van der Waals surface area contributed by atoms with Crippen LogP contribution >= 0.6 is 11.6 Å². The molecule has 1 heterocycles. The predicted octanol–water partition coefficient (Wildman–Crippen LogP) is 2.73. The van der Waals surface area contributed by atoms with Crippen LogP contribution < -0.4 is 5.73 Å². The van der Waals surface area contributed by atoms with Crippen molar-refractivity contribution >= 4 is 17.4 Å². The van der Waals surface area contributed by atoms with E-state index in [1.807, 2.05) is 13.0 Å². The van der Waals surface area contributed by atoms with Gasteiger partial charge in [0.2, 0.25) is 0 Å². The predicted molar refractivity (Wildman–Crippen MR) is 92.5 cm³/mol. The highest BCUT2D eigenvalue weighted by atomic mass is 35.5. The molecule has 2 aliphatic rings. The summed E-state index contributed by atoms with van der Waals surface area (Å²) in [4.78, 5) is 4.33. The smallest absolute Gasteiger partial charge is 0.293 e. The number of aliphatic imine (C=N–C) groups is 1. The van der Waals surface area contributed by atoms with E-state index in [0.29, 0.717) is 5.02 Å². The van der Waals surface area contributed by atoms with Crippen molar-refractivity contribution in [2.45, 2.75) is 32.1 Å². The minimum absolute atomic E-state index is 0.0564. The third-order valence-corrected chi connectivity index (χ3v) is 5.78. The van der Waals surface area contributed by atoms with Crippen LogP contribution in [0.2, 0.25) is 5.02 Å². The van der Waals surface area contributed by atoms with Gasteiger partial charge in [-0.1, -0.05) is 30.7 Å². The molecular weight excluding hydrogens is 340 g/mol. The molecule has 7 heteroatoms. The van der Waals surface area contributed by atoms with Gasteiger partial charge in [-0.25, -0.2) is 4.99 Å². The molecule has 2 N–H and O–H groups in total. The Kier molecular flexibility index (Phi) is 3.85. The van der Waals surface area contributed by atoms with Gasteiger partial charge in [-0.05, 0) is 31.5 Å². The van der Waals surface area contributed by atoms with Crippen molar-refractivity contribution in [3.05, 3.63) is 34.9 Å². The number of ether oxygens (including phenoxy) is 2. The summed E-state index contributed by atoms with van der Waals surface area (Å²) in [5.41, 5.74) is 3.21. The third kappa shape index (κ3) is 1.63. The maximum Gasteiger partial charge on any atom is 0.293 e. The van der Waals surface area contributed by atoms with Crippen LogP contribution in [0.1, 0.15) is 26.3 Å². The summed E-state index contributed by atoms with van der Waals surface area (Å²) in [6.07, 6.45) is 0. The molecule has 1 aliphatic carbocycles. The molecule has 0 bridgehead atoms. The highest BCUT2D eigenvalue weighted by Crippen LogP contribution is 2.85. The molecule has 0 spiro atoms. The first-order chi connectivity index (χ1) is 11.9. The number of rotatable bonds is 5. The van der Waals surface area contributed by atoms with Gasteiger partial charge in [0.15, 0.2) is 10.8 Å². The SMILES string of the molecule is CCOC1(OCC)N=C(N)[C@@]2(C#N)[C@](C)(c3cccc(Cl)c3)[C@@]12C#N. The molecule has 0 amide bonds. The van der Waals surface area contributed by atoms with Crippen molar-refractivity contribution in [1.82, 2.24) is 0 Å². The summed E-state index contributed by atoms with van der Waals surface area (Å²) in [7, 11) is 0. The topological polar surface area (TPSA) is 104 Å². The number of halogens is 1. The molecule has 6 nitrogen and oxygen atoms in total. The summed E-state index contributed by atoms with van der Waals surface area (Å²) in [6, 6.07) is 11.6. The molecule has 1 aromatic carbocycles. The van der Waals surface area contributed by atoms with E-state index in [2.05, 4.69) is 17.1 Å². The van der Waals surface area contributed by atoms with Crippen molar-refractivity contribution in [2.24, 2.45) is 21.6 Å². The van der Waals surface area contributed by atoms with E-state index < -0.39 is 22.2 Å². The minimum Gasteiger partial charge on any atom is -0.386 e. The minimum atomic E-state index is -1.62. The van der Waals surface area contributed by atoms with Crippen molar-refractivity contribution in [3.63, 3.8) is 0 Å². The number of hydrogen-bond acceptors (Lipinski definition) is 6. The number of fused-ring (bicyclic) bond motifs is 1. The highest BCUT2D eigenvalue weighted by molar-refractivity contribution is 6.30. The summed E-state index contributed by atoms with van der Waals surface area (Å²) < 4.78 is 11.7. The Morgan fingerprint density at radius 3 is 2.32 bits per heavy atom. The second-order valence-electron chi connectivity index (χ2n) is 6.30. The maximum absolute atomic E-state index is 10.2. The summed E-state index contributed by atoms with van der Waals surface area (Å²) in [6.45, 7) is 5.90. The molecule has 3 rings (SSSR count). The van der Waals surface area contributed by atoms with Gasteiger partial charge < -0.3 is 15.2 Å². The second-order valence-corrected chi connectivity index (χ2v) is 6.74. The maximum atomic E-state index is 10.2. The van der Waals surface area contributed by atoms with Gasteiger partial charge in [-0.15, -0.1) is 0 Å². The lowest BCUT2D eigenvalue weighted by molar-refractivity contribution is -0.257. The largest absolute Gasteiger partial charge is 0.386 e. The Morgan fingerprint density at radius 2 is 1.84 bits per heavy atom. The van der Waals surface area contributed by atoms with Crippen LogP contribution in [0.25, 0.3) is 0 Å². The molecule has 0 aromatic heterocycles. The first kappa shape index (κ1) is 17.7. The van der Waals surface area contributed by atoms with Gasteiger partial charge in [0.05, 0.1) is 12.1 Å². The fraction of sp³-hybridized carbons (Fsp3) is 0.500. The molecule has 25 heavy (non-hydrogen) atoms. The first-order valence-electron chi connectivity index (χ1n) is 8.09. The van der Waals surface area contributed by atoms with Crippen molar-refractivity contribution in [3.8, 4) is 12.1 Å². The molecule has 1 aliphatic heterocycles. The first-order valence-corrected chi connectivity index (χ1v) is 8.47. The molecule has 0 unspecified atom stereocenters. The van der Waals surface area contributed by atoms with Crippen molar-refractivity contribution in [2.75, 3.05) is 13.2 Å². The van der Waals surface area contributed by atoms with E-state index in [9.17, 15) is 10.5 Å². The van der Waals surface area contributed by atoms with Gasteiger partial charge in [-0.3, -0.25) is 0 Å². The number of nitrogens with zero attached hydrogens (tertiary/aromatic N) is 3. The van der Waals surface area contributed by atoms with Crippen LogP contribution in [-0.4, -0.2) is 25.0 Å². The number of nitriles is 2. The van der Waals surface area contributed by atoms with Gasteiger partial charge in [0, 0.05) is 23.7 Å². The Hall–Kier alpha value is -2.12. The molecule has 1 saturated carbocycles. The van der Waals surface area contributed by atoms with Gasteiger partial charge in [-0.2, -0.15) is 10.5 Å². The average Bonchev–Trinajstić information content (AvgIpc) is 3.01. The molecular formula is C18H19ClN4O2. The monoisotopic (exact) mass is 358 g/mol. The van der Waals surface area contributed by atoms with Crippen LogP contribution in [0.3, 0.4) is 0 Å². The third-order valence-electron chi connectivity index (χ3n) is 5.54. The zero-order valence-electron chi connectivity index (χ0n) is 14.3. The molecule has 3 atom stereocenters. The average molecular weight is 359 g/mol. The lowest BCUT2D eigenvalue weighted by Crippen LogP contribution is -2.46. The Labute approximate surface area is 151 Å². The number of amidine groups is 1. The number of benzene rings is 1. The lowest BCUT2D eigenvalue weighted by atomic mass is 9.84. The Morgan fingerprint density at radius 1 is 1.20 bits per heavy atom. The molecule has 0 saturated heterocycles. The zero-order chi connectivity index (χ0) is 18.5. The molecule has 130 valence electrons. The van der Waals surface area contributed by atoms with E-state index in [0.717, 1.165) is 5.56 Å². The lowest BCUT2D eigenvalue weighted by Gasteiger charge is -2.34. The Bertz CT molecular complexity index is 836. The van der Waals surface area contributed by atoms with Gasteiger partial charge in [0.25, 0.3) is 5.91 Å². The van der Waals surface area contributed by atoms with E-state index in [-0.39, 0.29) is 19.0 Å². The number of hydrogen-bond donors (Lipinski definition) is 1.